The second kappa shape index (κ2) is 4.84. The van der Waals surface area contributed by atoms with Crippen LogP contribution < -0.4 is 0 Å². The highest BCUT2D eigenvalue weighted by Crippen LogP contribution is 2.72. The van der Waals surface area contributed by atoms with E-state index in [4.69, 9.17) is 0 Å². The van der Waals surface area contributed by atoms with Gasteiger partial charge in [-0.1, -0.05) is 57.5 Å². The van der Waals surface area contributed by atoms with Gasteiger partial charge < -0.3 is 5.11 Å². The molecular formula is C21H30O. The van der Waals surface area contributed by atoms with E-state index in [1.807, 2.05) is 6.07 Å². The van der Waals surface area contributed by atoms with Crippen LogP contribution in [0.3, 0.4) is 0 Å². The topological polar surface area (TPSA) is 20.2 Å². The Balaban J connectivity index is 1.75. The lowest BCUT2D eigenvalue weighted by molar-refractivity contribution is -0.0229. The largest absolute Gasteiger partial charge is 0.388 e. The molecule has 3 aliphatic rings. The SMILES string of the molecule is CC1(C)CCC[C@@]2(C)C3CCC(C31)[C@H]2[C@H](O)c1ccccc1. The molecule has 3 aliphatic carbocycles. The predicted molar refractivity (Wildman–Crippen MR) is 90.3 cm³/mol. The van der Waals surface area contributed by atoms with Crippen molar-refractivity contribution in [1.82, 2.24) is 0 Å². The van der Waals surface area contributed by atoms with E-state index in [2.05, 4.69) is 45.0 Å². The lowest BCUT2D eigenvalue weighted by Crippen LogP contribution is -2.37. The zero-order valence-electron chi connectivity index (χ0n) is 14.3. The fraction of sp³-hybridized carbons (Fsp3) is 0.714. The van der Waals surface area contributed by atoms with Crippen molar-refractivity contribution in [2.24, 2.45) is 34.5 Å². The van der Waals surface area contributed by atoms with Crippen LogP contribution in [0.1, 0.15) is 64.5 Å². The summed E-state index contributed by atoms with van der Waals surface area (Å²) >= 11 is 0. The molecule has 6 atom stereocenters. The molecule has 4 bridgehead atoms. The minimum Gasteiger partial charge on any atom is -0.388 e. The number of hydrogen-bond donors (Lipinski definition) is 1. The molecule has 1 N–H and O–H groups in total. The molecule has 1 aromatic rings. The first-order chi connectivity index (χ1) is 10.5. The monoisotopic (exact) mass is 298 g/mol. The predicted octanol–water partition coefficient (Wildman–Crippen LogP) is 5.21. The number of rotatable bonds is 2. The summed E-state index contributed by atoms with van der Waals surface area (Å²) in [5.41, 5.74) is 1.93. The molecule has 1 nitrogen and oxygen atoms in total. The highest BCUT2D eigenvalue weighted by atomic mass is 16.3. The van der Waals surface area contributed by atoms with Gasteiger partial charge in [-0.2, -0.15) is 0 Å². The van der Waals surface area contributed by atoms with Gasteiger partial charge in [0, 0.05) is 0 Å². The Morgan fingerprint density at radius 3 is 2.50 bits per heavy atom. The van der Waals surface area contributed by atoms with Crippen LogP contribution in [0, 0.1) is 34.5 Å². The highest BCUT2D eigenvalue weighted by Gasteiger charge is 2.66. The van der Waals surface area contributed by atoms with E-state index < -0.39 is 0 Å². The van der Waals surface area contributed by atoms with Crippen molar-refractivity contribution in [2.75, 3.05) is 0 Å². The van der Waals surface area contributed by atoms with Crippen molar-refractivity contribution >= 4 is 0 Å². The summed E-state index contributed by atoms with van der Waals surface area (Å²) in [5, 5.41) is 11.2. The molecule has 3 saturated carbocycles. The van der Waals surface area contributed by atoms with Crippen LogP contribution in [0.2, 0.25) is 0 Å². The molecule has 0 amide bonds. The second-order valence-electron chi connectivity index (χ2n) is 9.10. The summed E-state index contributed by atoms with van der Waals surface area (Å²) in [6, 6.07) is 10.4. The smallest absolute Gasteiger partial charge is 0.0826 e. The maximum absolute atomic E-state index is 11.2. The van der Waals surface area contributed by atoms with Crippen LogP contribution >= 0.6 is 0 Å². The Morgan fingerprint density at radius 1 is 1.05 bits per heavy atom. The number of hydrogen-bond acceptors (Lipinski definition) is 1. The van der Waals surface area contributed by atoms with E-state index in [0.29, 0.717) is 16.7 Å². The lowest BCUT2D eigenvalue weighted by atomic mass is 9.62. The Bertz CT molecular complexity index is 548. The first-order valence-electron chi connectivity index (χ1n) is 9.18. The van der Waals surface area contributed by atoms with Gasteiger partial charge in [0.15, 0.2) is 0 Å². The van der Waals surface area contributed by atoms with E-state index >= 15 is 0 Å². The molecule has 4 rings (SSSR count). The molecular weight excluding hydrogens is 268 g/mol. The van der Waals surface area contributed by atoms with Crippen molar-refractivity contribution in [1.29, 1.82) is 0 Å². The van der Waals surface area contributed by atoms with E-state index in [1.165, 1.54) is 32.1 Å². The second-order valence-corrected chi connectivity index (χ2v) is 9.10. The summed E-state index contributed by atoms with van der Waals surface area (Å²) < 4.78 is 0. The minimum absolute atomic E-state index is 0.280. The van der Waals surface area contributed by atoms with Crippen LogP contribution in [0.5, 0.6) is 0 Å². The van der Waals surface area contributed by atoms with Gasteiger partial charge in [0.05, 0.1) is 6.10 Å². The molecule has 22 heavy (non-hydrogen) atoms. The third-order valence-electron chi connectivity index (χ3n) is 7.70. The zero-order chi connectivity index (χ0) is 15.5. The van der Waals surface area contributed by atoms with Crippen LogP contribution in [0.4, 0.5) is 0 Å². The highest BCUT2D eigenvalue weighted by molar-refractivity contribution is 5.23. The van der Waals surface area contributed by atoms with Crippen LogP contribution in [0.25, 0.3) is 0 Å². The summed E-state index contributed by atoms with van der Waals surface area (Å²) in [6.07, 6.45) is 6.46. The fourth-order valence-electron chi connectivity index (χ4n) is 6.93. The first kappa shape index (κ1) is 14.8. The molecule has 1 aromatic carbocycles. The van der Waals surface area contributed by atoms with Gasteiger partial charge in [-0.3, -0.25) is 0 Å². The fourth-order valence-corrected chi connectivity index (χ4v) is 6.93. The maximum Gasteiger partial charge on any atom is 0.0826 e. The van der Waals surface area contributed by atoms with Gasteiger partial charge >= 0.3 is 0 Å². The van der Waals surface area contributed by atoms with Crippen LogP contribution in [-0.4, -0.2) is 5.11 Å². The zero-order valence-corrected chi connectivity index (χ0v) is 14.3. The Kier molecular flexibility index (Phi) is 3.24. The van der Waals surface area contributed by atoms with Gasteiger partial charge in [0.25, 0.3) is 0 Å². The van der Waals surface area contributed by atoms with Crippen molar-refractivity contribution in [3.8, 4) is 0 Å². The Morgan fingerprint density at radius 2 is 1.77 bits per heavy atom. The third-order valence-corrected chi connectivity index (χ3v) is 7.70. The first-order valence-corrected chi connectivity index (χ1v) is 9.18. The summed E-state index contributed by atoms with van der Waals surface area (Å²) in [4.78, 5) is 0. The molecule has 0 heterocycles. The summed E-state index contributed by atoms with van der Waals surface area (Å²) in [7, 11) is 0. The molecule has 0 saturated heterocycles. The van der Waals surface area contributed by atoms with Crippen molar-refractivity contribution in [2.45, 2.75) is 59.0 Å². The molecule has 3 unspecified atom stereocenters. The third kappa shape index (κ3) is 1.87. The standard InChI is InChI=1S/C21H30O/c1-20(2)12-7-13-21(3)16-11-10-15(17(16)20)18(21)19(22)14-8-5-4-6-9-14/h4-6,8-9,15-19,22H,7,10-13H2,1-3H3/t15?,16?,17?,18-,19+,21-/m0/s1. The molecule has 120 valence electrons. The number of aliphatic hydroxyl groups excluding tert-OH is 1. The van der Waals surface area contributed by atoms with Gasteiger partial charge in [-0.05, 0) is 65.7 Å². The average molecular weight is 298 g/mol. The van der Waals surface area contributed by atoms with Gasteiger partial charge in [0.1, 0.15) is 0 Å². The van der Waals surface area contributed by atoms with Crippen molar-refractivity contribution in [3.63, 3.8) is 0 Å². The molecule has 0 spiro atoms. The average Bonchev–Trinajstić information content (AvgIpc) is 2.99. The van der Waals surface area contributed by atoms with Crippen LogP contribution in [0.15, 0.2) is 30.3 Å². The normalized spacial score (nSPS) is 43.8. The van der Waals surface area contributed by atoms with E-state index in [9.17, 15) is 5.11 Å². The van der Waals surface area contributed by atoms with Gasteiger partial charge in [-0.15, -0.1) is 0 Å². The van der Waals surface area contributed by atoms with Crippen molar-refractivity contribution < 1.29 is 5.11 Å². The van der Waals surface area contributed by atoms with Gasteiger partial charge in [-0.25, -0.2) is 0 Å². The van der Waals surface area contributed by atoms with E-state index in [-0.39, 0.29) is 6.10 Å². The number of aliphatic hydroxyl groups is 1. The van der Waals surface area contributed by atoms with E-state index in [0.717, 1.165) is 23.3 Å². The van der Waals surface area contributed by atoms with Gasteiger partial charge in [0.2, 0.25) is 0 Å². The quantitative estimate of drug-likeness (QED) is 0.794. The molecule has 3 fully saturated rings. The molecule has 0 aliphatic heterocycles. The Labute approximate surface area is 135 Å². The van der Waals surface area contributed by atoms with Crippen LogP contribution in [-0.2, 0) is 0 Å². The maximum atomic E-state index is 11.2. The molecule has 0 aromatic heterocycles. The molecule has 1 heteroatoms. The van der Waals surface area contributed by atoms with Crippen molar-refractivity contribution in [3.05, 3.63) is 35.9 Å². The lowest BCUT2D eigenvalue weighted by Gasteiger charge is -2.44. The Hall–Kier alpha value is -0.820. The minimum atomic E-state index is -0.280. The summed E-state index contributed by atoms with van der Waals surface area (Å²) in [5.74, 6) is 2.83. The van der Waals surface area contributed by atoms with E-state index in [1.54, 1.807) is 0 Å². The molecule has 0 radical (unpaired) electrons. The summed E-state index contributed by atoms with van der Waals surface area (Å²) in [6.45, 7) is 7.49. The number of benzene rings is 1.